The first-order chi connectivity index (χ1) is 8.91. The van der Waals surface area contributed by atoms with E-state index in [0.29, 0.717) is 12.1 Å². The Balaban J connectivity index is 2.46. The molecule has 0 bridgehead atoms. The largest absolute Gasteiger partial charge is 0.384 e. The molecule has 0 aliphatic carbocycles. The molecule has 1 aromatic carbocycles. The minimum absolute atomic E-state index is 0.122. The Morgan fingerprint density at radius 2 is 1.68 bits per heavy atom. The average molecular weight is 265 g/mol. The molecule has 0 radical (unpaired) electrons. The number of nitro benzene ring substituents is 1. The van der Waals surface area contributed by atoms with Crippen molar-refractivity contribution in [3.63, 3.8) is 0 Å². The lowest BCUT2D eigenvalue weighted by Crippen LogP contribution is -2.40. The fourth-order valence-electron chi connectivity index (χ4n) is 2.14. The molecule has 0 aromatic heterocycles. The van der Waals surface area contributed by atoms with Crippen LogP contribution in [0.3, 0.4) is 0 Å². The van der Waals surface area contributed by atoms with Gasteiger partial charge in [0.2, 0.25) is 0 Å². The van der Waals surface area contributed by atoms with Crippen molar-refractivity contribution in [1.29, 1.82) is 0 Å². The minimum atomic E-state index is -0.386. The first kappa shape index (κ1) is 15.4. The van der Waals surface area contributed by atoms with Gasteiger partial charge < -0.3 is 5.32 Å². The maximum Gasteiger partial charge on any atom is 0.269 e. The second-order valence-electron chi connectivity index (χ2n) is 5.16. The second-order valence-corrected chi connectivity index (χ2v) is 5.16. The molecule has 1 aromatic rings. The van der Waals surface area contributed by atoms with Gasteiger partial charge in [-0.15, -0.1) is 0 Å². The number of nitrogens with zero attached hydrogens (tertiary/aromatic N) is 2. The molecule has 0 atom stereocenters. The van der Waals surface area contributed by atoms with Gasteiger partial charge in [-0.2, -0.15) is 0 Å². The summed E-state index contributed by atoms with van der Waals surface area (Å²) in [5.74, 6) is 0. The number of rotatable bonds is 7. The Morgan fingerprint density at radius 3 is 2.11 bits per heavy atom. The van der Waals surface area contributed by atoms with Crippen LogP contribution < -0.4 is 5.32 Å². The van der Waals surface area contributed by atoms with Crippen LogP contribution in [0.15, 0.2) is 24.3 Å². The van der Waals surface area contributed by atoms with Crippen molar-refractivity contribution < 1.29 is 4.92 Å². The SMILES string of the molecule is CC(C)N(CCNc1ccc([N+](=O)[O-])cc1)C(C)C. The molecule has 0 fully saturated rings. The monoisotopic (exact) mass is 265 g/mol. The summed E-state index contributed by atoms with van der Waals surface area (Å²) in [6.45, 7) is 10.5. The summed E-state index contributed by atoms with van der Waals surface area (Å²) >= 11 is 0. The highest BCUT2D eigenvalue weighted by Gasteiger charge is 2.12. The Labute approximate surface area is 114 Å². The summed E-state index contributed by atoms with van der Waals surface area (Å²) in [7, 11) is 0. The molecule has 0 aliphatic heterocycles. The molecule has 5 nitrogen and oxygen atoms in total. The Hall–Kier alpha value is -1.62. The lowest BCUT2D eigenvalue weighted by molar-refractivity contribution is -0.384. The summed E-state index contributed by atoms with van der Waals surface area (Å²) in [5, 5.41) is 13.8. The van der Waals surface area contributed by atoms with Crippen LogP contribution in [0, 0.1) is 10.1 Å². The predicted octanol–water partition coefficient (Wildman–Crippen LogP) is 3.13. The summed E-state index contributed by atoms with van der Waals surface area (Å²) in [4.78, 5) is 12.6. The van der Waals surface area contributed by atoms with E-state index in [9.17, 15) is 10.1 Å². The molecule has 0 heterocycles. The zero-order valence-electron chi connectivity index (χ0n) is 12.1. The van der Waals surface area contributed by atoms with Crippen molar-refractivity contribution in [3.8, 4) is 0 Å². The zero-order chi connectivity index (χ0) is 14.4. The van der Waals surface area contributed by atoms with Gasteiger partial charge >= 0.3 is 0 Å². The van der Waals surface area contributed by atoms with Crippen LogP contribution in [0.4, 0.5) is 11.4 Å². The maximum atomic E-state index is 10.5. The number of nitro groups is 1. The molecule has 19 heavy (non-hydrogen) atoms. The highest BCUT2D eigenvalue weighted by atomic mass is 16.6. The van der Waals surface area contributed by atoms with Gasteiger partial charge in [-0.25, -0.2) is 0 Å². The maximum absolute atomic E-state index is 10.5. The normalized spacial score (nSPS) is 11.3. The van der Waals surface area contributed by atoms with Gasteiger partial charge in [0.1, 0.15) is 0 Å². The van der Waals surface area contributed by atoms with Gasteiger partial charge in [0.15, 0.2) is 0 Å². The molecule has 0 unspecified atom stereocenters. The van der Waals surface area contributed by atoms with Crippen molar-refractivity contribution in [3.05, 3.63) is 34.4 Å². The first-order valence-electron chi connectivity index (χ1n) is 6.66. The van der Waals surface area contributed by atoms with E-state index < -0.39 is 0 Å². The minimum Gasteiger partial charge on any atom is -0.384 e. The summed E-state index contributed by atoms with van der Waals surface area (Å²) in [6.07, 6.45) is 0. The number of anilines is 1. The van der Waals surface area contributed by atoms with E-state index in [2.05, 4.69) is 37.9 Å². The molecule has 1 rings (SSSR count). The number of benzene rings is 1. The van der Waals surface area contributed by atoms with Crippen LogP contribution in [-0.2, 0) is 0 Å². The summed E-state index contributed by atoms with van der Waals surface area (Å²) in [5.41, 5.74) is 1.04. The van der Waals surface area contributed by atoms with Crippen LogP contribution in [0.1, 0.15) is 27.7 Å². The van der Waals surface area contributed by atoms with E-state index in [1.807, 2.05) is 0 Å². The number of hydrogen-bond donors (Lipinski definition) is 1. The third-order valence-electron chi connectivity index (χ3n) is 3.10. The second kappa shape index (κ2) is 7.09. The lowest BCUT2D eigenvalue weighted by atomic mass is 10.2. The Morgan fingerprint density at radius 1 is 1.16 bits per heavy atom. The highest BCUT2D eigenvalue weighted by Crippen LogP contribution is 2.15. The first-order valence-corrected chi connectivity index (χ1v) is 6.66. The van der Waals surface area contributed by atoms with Gasteiger partial charge in [0.05, 0.1) is 4.92 Å². The summed E-state index contributed by atoms with van der Waals surface area (Å²) in [6, 6.07) is 7.55. The summed E-state index contributed by atoms with van der Waals surface area (Å²) < 4.78 is 0. The average Bonchev–Trinajstić information content (AvgIpc) is 2.34. The van der Waals surface area contributed by atoms with E-state index in [-0.39, 0.29) is 10.6 Å². The van der Waals surface area contributed by atoms with E-state index in [1.54, 1.807) is 12.1 Å². The molecule has 0 saturated heterocycles. The van der Waals surface area contributed by atoms with Gasteiger partial charge in [-0.05, 0) is 39.8 Å². The van der Waals surface area contributed by atoms with Crippen molar-refractivity contribution >= 4 is 11.4 Å². The van der Waals surface area contributed by atoms with Crippen LogP contribution in [0.25, 0.3) is 0 Å². The van der Waals surface area contributed by atoms with Gasteiger partial charge in [0, 0.05) is 43.0 Å². The topological polar surface area (TPSA) is 58.4 Å². The van der Waals surface area contributed by atoms with Crippen molar-refractivity contribution in [1.82, 2.24) is 4.90 Å². The third-order valence-corrected chi connectivity index (χ3v) is 3.10. The molecule has 0 saturated carbocycles. The lowest BCUT2D eigenvalue weighted by Gasteiger charge is -2.30. The van der Waals surface area contributed by atoms with Gasteiger partial charge in [-0.1, -0.05) is 0 Å². The smallest absolute Gasteiger partial charge is 0.269 e. The number of hydrogen-bond acceptors (Lipinski definition) is 4. The van der Waals surface area contributed by atoms with Gasteiger partial charge in [0.25, 0.3) is 5.69 Å². The molecule has 0 aliphatic rings. The molecular weight excluding hydrogens is 242 g/mol. The van der Waals surface area contributed by atoms with Crippen molar-refractivity contribution in [2.24, 2.45) is 0 Å². The number of non-ortho nitro benzene ring substituents is 1. The molecule has 0 amide bonds. The molecule has 106 valence electrons. The molecule has 1 N–H and O–H groups in total. The standard InChI is InChI=1S/C14H23N3O2/c1-11(2)16(12(3)4)10-9-15-13-5-7-14(8-6-13)17(18)19/h5-8,11-12,15H,9-10H2,1-4H3. The third kappa shape index (κ3) is 4.87. The quantitative estimate of drug-likeness (QED) is 0.608. The molecule has 5 heteroatoms. The predicted molar refractivity (Wildman–Crippen MR) is 78.6 cm³/mol. The van der Waals surface area contributed by atoms with Crippen molar-refractivity contribution in [2.75, 3.05) is 18.4 Å². The van der Waals surface area contributed by atoms with Crippen LogP contribution in [0.2, 0.25) is 0 Å². The zero-order valence-corrected chi connectivity index (χ0v) is 12.1. The molecular formula is C14H23N3O2. The van der Waals surface area contributed by atoms with Crippen LogP contribution in [-0.4, -0.2) is 35.0 Å². The fourth-order valence-corrected chi connectivity index (χ4v) is 2.14. The van der Waals surface area contributed by atoms with Crippen LogP contribution >= 0.6 is 0 Å². The Kier molecular flexibility index (Phi) is 5.76. The Bertz CT molecular complexity index is 394. The van der Waals surface area contributed by atoms with Crippen molar-refractivity contribution in [2.45, 2.75) is 39.8 Å². The van der Waals surface area contributed by atoms with E-state index in [1.165, 1.54) is 12.1 Å². The fraction of sp³-hybridized carbons (Fsp3) is 0.571. The number of nitrogens with one attached hydrogen (secondary N) is 1. The van der Waals surface area contributed by atoms with Crippen LogP contribution in [0.5, 0.6) is 0 Å². The van der Waals surface area contributed by atoms with Gasteiger partial charge in [-0.3, -0.25) is 15.0 Å². The molecule has 0 spiro atoms. The van der Waals surface area contributed by atoms with E-state index >= 15 is 0 Å². The van der Waals surface area contributed by atoms with E-state index in [0.717, 1.165) is 18.8 Å². The highest BCUT2D eigenvalue weighted by molar-refractivity contribution is 5.48. The van der Waals surface area contributed by atoms with E-state index in [4.69, 9.17) is 0 Å².